The number of carboxylic acids is 1. The van der Waals surface area contributed by atoms with Crippen LogP contribution in [0.1, 0.15) is 16.8 Å². The molecule has 1 rings (SSSR count). The first-order valence-electron chi connectivity index (χ1n) is 5.42. The average molecular weight is 350 g/mol. The van der Waals surface area contributed by atoms with Crippen LogP contribution in [0.15, 0.2) is 22.7 Å². The van der Waals surface area contributed by atoms with Crippen LogP contribution in [0.2, 0.25) is 0 Å². The zero-order valence-corrected chi connectivity index (χ0v) is 12.6. The predicted molar refractivity (Wildman–Crippen MR) is 76.0 cm³/mol. The lowest BCUT2D eigenvalue weighted by atomic mass is 10.1. The summed E-state index contributed by atoms with van der Waals surface area (Å²) in [5, 5.41) is 11.4. The van der Waals surface area contributed by atoms with Crippen LogP contribution in [0.3, 0.4) is 0 Å². The van der Waals surface area contributed by atoms with Crippen molar-refractivity contribution in [3.05, 3.63) is 34.1 Å². The number of aliphatic carboxylic acids is 1. The second-order valence-corrected chi connectivity index (χ2v) is 5.71. The van der Waals surface area contributed by atoms with Crippen LogP contribution in [0, 0.1) is 5.82 Å². The Morgan fingerprint density at radius 1 is 1.47 bits per heavy atom. The SMILES string of the molecule is CSCCC(NC(=O)c1cc(F)cc(Br)c1)C(=O)O. The summed E-state index contributed by atoms with van der Waals surface area (Å²) < 4.78 is 13.6. The third-order valence-electron chi connectivity index (χ3n) is 2.34. The van der Waals surface area contributed by atoms with Crippen LogP contribution in [-0.4, -0.2) is 35.0 Å². The summed E-state index contributed by atoms with van der Waals surface area (Å²) in [6.45, 7) is 0. The number of rotatable bonds is 6. The molecule has 7 heteroatoms. The first kappa shape index (κ1) is 16.0. The Morgan fingerprint density at radius 2 is 2.16 bits per heavy atom. The molecule has 1 amide bonds. The molecule has 104 valence electrons. The van der Waals surface area contributed by atoms with E-state index in [0.29, 0.717) is 16.6 Å². The lowest BCUT2D eigenvalue weighted by Gasteiger charge is -2.14. The van der Waals surface area contributed by atoms with Gasteiger partial charge in [0, 0.05) is 10.0 Å². The van der Waals surface area contributed by atoms with Crippen LogP contribution in [0.4, 0.5) is 4.39 Å². The van der Waals surface area contributed by atoms with E-state index in [9.17, 15) is 14.0 Å². The van der Waals surface area contributed by atoms with E-state index in [2.05, 4.69) is 21.2 Å². The summed E-state index contributed by atoms with van der Waals surface area (Å²) in [4.78, 5) is 22.9. The molecule has 1 atom stereocenters. The lowest BCUT2D eigenvalue weighted by molar-refractivity contribution is -0.139. The standard InChI is InChI=1S/C12H13BrFNO3S/c1-19-3-2-10(12(17)18)15-11(16)7-4-8(13)6-9(14)5-7/h4-6,10H,2-3H2,1H3,(H,15,16)(H,17,18). The van der Waals surface area contributed by atoms with Crippen LogP contribution >= 0.6 is 27.7 Å². The fourth-order valence-corrected chi connectivity index (χ4v) is 2.36. The number of hydrogen-bond acceptors (Lipinski definition) is 3. The zero-order valence-electron chi connectivity index (χ0n) is 10.2. The molecule has 0 aliphatic heterocycles. The number of halogens is 2. The fraction of sp³-hybridized carbons (Fsp3) is 0.333. The summed E-state index contributed by atoms with van der Waals surface area (Å²) in [6.07, 6.45) is 2.17. The van der Waals surface area contributed by atoms with Gasteiger partial charge >= 0.3 is 5.97 Å². The molecule has 1 aromatic carbocycles. The summed E-state index contributed by atoms with van der Waals surface area (Å²) in [6, 6.07) is 2.75. The quantitative estimate of drug-likeness (QED) is 0.828. The molecule has 0 radical (unpaired) electrons. The number of nitrogens with one attached hydrogen (secondary N) is 1. The van der Waals surface area contributed by atoms with Crippen molar-refractivity contribution in [1.29, 1.82) is 0 Å². The van der Waals surface area contributed by atoms with Crippen LogP contribution in [-0.2, 0) is 4.79 Å². The molecule has 0 bridgehead atoms. The maximum Gasteiger partial charge on any atom is 0.326 e. The number of carbonyl (C=O) groups is 2. The predicted octanol–water partition coefficient (Wildman–Crippen LogP) is 2.52. The molecule has 0 aliphatic carbocycles. The van der Waals surface area contributed by atoms with Crippen molar-refractivity contribution in [2.24, 2.45) is 0 Å². The van der Waals surface area contributed by atoms with Crippen molar-refractivity contribution in [1.82, 2.24) is 5.32 Å². The Morgan fingerprint density at radius 3 is 2.68 bits per heavy atom. The Balaban J connectivity index is 2.78. The Hall–Kier alpha value is -1.08. The largest absolute Gasteiger partial charge is 0.480 e. The number of hydrogen-bond donors (Lipinski definition) is 2. The van der Waals surface area contributed by atoms with Gasteiger partial charge in [-0.1, -0.05) is 15.9 Å². The van der Waals surface area contributed by atoms with Crippen molar-refractivity contribution in [2.75, 3.05) is 12.0 Å². The van der Waals surface area contributed by atoms with Gasteiger partial charge in [-0.15, -0.1) is 0 Å². The normalized spacial score (nSPS) is 11.9. The minimum absolute atomic E-state index is 0.0854. The van der Waals surface area contributed by atoms with Gasteiger partial charge in [0.2, 0.25) is 0 Å². The Kier molecular flexibility index (Phi) is 6.30. The highest BCUT2D eigenvalue weighted by Gasteiger charge is 2.20. The molecule has 19 heavy (non-hydrogen) atoms. The van der Waals surface area contributed by atoms with E-state index in [-0.39, 0.29) is 5.56 Å². The number of benzene rings is 1. The summed E-state index contributed by atoms with van der Waals surface area (Å²) in [7, 11) is 0. The van der Waals surface area contributed by atoms with Crippen molar-refractivity contribution >= 4 is 39.6 Å². The molecular formula is C12H13BrFNO3S. The van der Waals surface area contributed by atoms with Gasteiger partial charge in [-0.3, -0.25) is 4.79 Å². The monoisotopic (exact) mass is 349 g/mol. The molecule has 0 aromatic heterocycles. The molecule has 0 fully saturated rings. The Bertz CT molecular complexity index is 464. The van der Waals surface area contributed by atoms with Gasteiger partial charge in [0.1, 0.15) is 11.9 Å². The molecule has 0 aliphatic rings. The Labute approximate surface area is 122 Å². The van der Waals surface area contributed by atoms with Gasteiger partial charge < -0.3 is 10.4 Å². The van der Waals surface area contributed by atoms with E-state index in [1.54, 1.807) is 0 Å². The third-order valence-corrected chi connectivity index (χ3v) is 3.44. The first-order valence-corrected chi connectivity index (χ1v) is 7.61. The minimum Gasteiger partial charge on any atom is -0.480 e. The highest BCUT2D eigenvalue weighted by atomic mass is 79.9. The van der Waals surface area contributed by atoms with Gasteiger partial charge in [-0.2, -0.15) is 11.8 Å². The summed E-state index contributed by atoms with van der Waals surface area (Å²) in [5.41, 5.74) is 0.0854. The molecule has 2 N–H and O–H groups in total. The highest BCUT2D eigenvalue weighted by Crippen LogP contribution is 2.15. The first-order chi connectivity index (χ1) is 8.93. The van der Waals surface area contributed by atoms with E-state index >= 15 is 0 Å². The van der Waals surface area contributed by atoms with Crippen molar-refractivity contribution in [3.63, 3.8) is 0 Å². The molecule has 0 heterocycles. The fourth-order valence-electron chi connectivity index (χ4n) is 1.42. The minimum atomic E-state index is -1.10. The second-order valence-electron chi connectivity index (χ2n) is 3.80. The van der Waals surface area contributed by atoms with Gasteiger partial charge in [0.25, 0.3) is 5.91 Å². The van der Waals surface area contributed by atoms with Gasteiger partial charge in [0.15, 0.2) is 0 Å². The number of carbonyl (C=O) groups excluding carboxylic acids is 1. The third kappa shape index (κ3) is 5.20. The molecule has 0 saturated heterocycles. The van der Waals surface area contributed by atoms with Gasteiger partial charge in [-0.25, -0.2) is 9.18 Å². The smallest absolute Gasteiger partial charge is 0.326 e. The number of thioether (sulfide) groups is 1. The summed E-state index contributed by atoms with van der Waals surface area (Å²) in [5.74, 6) is -1.65. The molecular weight excluding hydrogens is 337 g/mol. The maximum atomic E-state index is 13.2. The van der Waals surface area contributed by atoms with Gasteiger partial charge in [-0.05, 0) is 36.6 Å². The number of amides is 1. The molecule has 4 nitrogen and oxygen atoms in total. The van der Waals surface area contributed by atoms with Crippen molar-refractivity contribution in [2.45, 2.75) is 12.5 Å². The van der Waals surface area contributed by atoms with E-state index < -0.39 is 23.7 Å². The summed E-state index contributed by atoms with van der Waals surface area (Å²) >= 11 is 4.57. The zero-order chi connectivity index (χ0) is 14.4. The lowest BCUT2D eigenvalue weighted by Crippen LogP contribution is -2.41. The molecule has 1 aromatic rings. The van der Waals surface area contributed by atoms with Crippen molar-refractivity contribution in [3.8, 4) is 0 Å². The average Bonchev–Trinajstić information content (AvgIpc) is 2.32. The molecule has 0 saturated carbocycles. The van der Waals surface area contributed by atoms with Crippen LogP contribution in [0.25, 0.3) is 0 Å². The highest BCUT2D eigenvalue weighted by molar-refractivity contribution is 9.10. The van der Waals surface area contributed by atoms with Gasteiger partial charge in [0.05, 0.1) is 0 Å². The topological polar surface area (TPSA) is 66.4 Å². The van der Waals surface area contributed by atoms with E-state index in [1.807, 2.05) is 6.26 Å². The van der Waals surface area contributed by atoms with E-state index in [0.717, 1.165) is 6.07 Å². The second kappa shape index (κ2) is 7.49. The van der Waals surface area contributed by atoms with Crippen molar-refractivity contribution < 1.29 is 19.1 Å². The van der Waals surface area contributed by atoms with E-state index in [4.69, 9.17) is 5.11 Å². The van der Waals surface area contributed by atoms with Crippen LogP contribution < -0.4 is 5.32 Å². The molecule has 1 unspecified atom stereocenters. The number of carboxylic acid groups (broad SMARTS) is 1. The molecule has 0 spiro atoms. The van der Waals surface area contributed by atoms with E-state index in [1.165, 1.54) is 23.9 Å². The van der Waals surface area contributed by atoms with Crippen LogP contribution in [0.5, 0.6) is 0 Å². The maximum absolute atomic E-state index is 13.2.